The highest BCUT2D eigenvalue weighted by molar-refractivity contribution is 7.84. The van der Waals surface area contributed by atoms with Gasteiger partial charge in [-0.3, -0.25) is 4.21 Å². The highest BCUT2D eigenvalue weighted by atomic mass is 32.2. The van der Waals surface area contributed by atoms with E-state index in [2.05, 4.69) is 10.6 Å². The maximum Gasteiger partial charge on any atom is 0.407 e. The number of carbonyl (C=O) groups is 1. The van der Waals surface area contributed by atoms with Crippen molar-refractivity contribution in [3.63, 3.8) is 0 Å². The number of carbonyl (C=O) groups excluding carboxylic acids is 1. The quantitative estimate of drug-likeness (QED) is 0.786. The molecule has 5 nitrogen and oxygen atoms in total. The highest BCUT2D eigenvalue weighted by Gasteiger charge is 2.31. The van der Waals surface area contributed by atoms with Crippen molar-refractivity contribution in [2.75, 3.05) is 18.6 Å². The number of amides is 1. The Hall–Kier alpha value is -0.620. The summed E-state index contributed by atoms with van der Waals surface area (Å²) in [5.41, 5.74) is -0.448. The molecule has 1 atom stereocenters. The fourth-order valence-corrected chi connectivity index (χ4v) is 2.19. The second-order valence-corrected chi connectivity index (χ2v) is 7.30. The topological polar surface area (TPSA) is 67.4 Å². The molecule has 2 N–H and O–H groups in total. The molecule has 18 heavy (non-hydrogen) atoms. The van der Waals surface area contributed by atoms with Gasteiger partial charge in [-0.2, -0.15) is 0 Å². The molecule has 0 aliphatic heterocycles. The first-order valence-electron chi connectivity index (χ1n) is 6.29. The van der Waals surface area contributed by atoms with Gasteiger partial charge < -0.3 is 15.4 Å². The van der Waals surface area contributed by atoms with E-state index in [1.807, 2.05) is 20.8 Å². The van der Waals surface area contributed by atoms with Crippen molar-refractivity contribution in [2.24, 2.45) is 0 Å². The van der Waals surface area contributed by atoms with Gasteiger partial charge in [-0.1, -0.05) is 0 Å². The van der Waals surface area contributed by atoms with E-state index in [4.69, 9.17) is 4.74 Å². The zero-order valence-corrected chi connectivity index (χ0v) is 12.4. The molecule has 1 amide bonds. The summed E-state index contributed by atoms with van der Waals surface area (Å²) in [6.07, 6.45) is 3.18. The van der Waals surface area contributed by atoms with E-state index < -0.39 is 16.4 Å². The Kier molecular flexibility index (Phi) is 5.59. The van der Waals surface area contributed by atoms with Crippen LogP contribution in [-0.4, -0.2) is 46.5 Å². The summed E-state index contributed by atoms with van der Waals surface area (Å²) in [5, 5.41) is 6.16. The van der Waals surface area contributed by atoms with E-state index in [-0.39, 0.29) is 12.1 Å². The highest BCUT2D eigenvalue weighted by Crippen LogP contribution is 2.20. The standard InChI is InChI=1S/C12H24N2O3S/c1-12(2,3)17-11(15)14-10-7-9(8-10)13-5-6-18(4)16/h9-10,13H,5-8H2,1-4H3,(H,14,15). The van der Waals surface area contributed by atoms with Crippen LogP contribution in [0.2, 0.25) is 0 Å². The van der Waals surface area contributed by atoms with Crippen molar-refractivity contribution in [2.45, 2.75) is 51.3 Å². The molecule has 1 unspecified atom stereocenters. The SMILES string of the molecule is CS(=O)CCNC1CC(NC(=O)OC(C)(C)C)C1. The normalized spacial score (nSPS) is 25.1. The van der Waals surface area contributed by atoms with Gasteiger partial charge in [-0.25, -0.2) is 4.79 Å². The molecule has 0 aromatic heterocycles. The number of hydrogen-bond donors (Lipinski definition) is 2. The van der Waals surface area contributed by atoms with Crippen LogP contribution in [0.1, 0.15) is 33.6 Å². The van der Waals surface area contributed by atoms with E-state index in [1.54, 1.807) is 6.26 Å². The number of rotatable bonds is 5. The lowest BCUT2D eigenvalue weighted by Crippen LogP contribution is -2.53. The largest absolute Gasteiger partial charge is 0.444 e. The molecular formula is C12H24N2O3S. The average Bonchev–Trinajstić information content (AvgIpc) is 2.09. The molecular weight excluding hydrogens is 252 g/mol. The molecule has 0 spiro atoms. The Morgan fingerprint density at radius 3 is 2.44 bits per heavy atom. The minimum Gasteiger partial charge on any atom is -0.444 e. The second-order valence-electron chi connectivity index (χ2n) is 5.74. The van der Waals surface area contributed by atoms with Gasteiger partial charge in [0.1, 0.15) is 5.60 Å². The lowest BCUT2D eigenvalue weighted by atomic mass is 9.87. The van der Waals surface area contributed by atoms with E-state index in [9.17, 15) is 9.00 Å². The Bertz CT molecular complexity index is 309. The van der Waals surface area contributed by atoms with E-state index in [0.717, 1.165) is 19.4 Å². The van der Waals surface area contributed by atoms with Crippen LogP contribution in [0.25, 0.3) is 0 Å². The van der Waals surface area contributed by atoms with Crippen LogP contribution in [-0.2, 0) is 15.5 Å². The Labute approximate surface area is 111 Å². The van der Waals surface area contributed by atoms with Crippen molar-refractivity contribution in [3.8, 4) is 0 Å². The third-order valence-electron chi connectivity index (χ3n) is 2.68. The van der Waals surface area contributed by atoms with Gasteiger partial charge in [0.05, 0.1) is 0 Å². The van der Waals surface area contributed by atoms with Crippen molar-refractivity contribution in [3.05, 3.63) is 0 Å². The molecule has 1 aliphatic carbocycles. The molecule has 1 fully saturated rings. The minimum absolute atomic E-state index is 0.199. The smallest absolute Gasteiger partial charge is 0.407 e. The third-order valence-corrected chi connectivity index (χ3v) is 3.46. The lowest BCUT2D eigenvalue weighted by molar-refractivity contribution is 0.0466. The number of ether oxygens (including phenoxy) is 1. The van der Waals surface area contributed by atoms with Crippen molar-refractivity contribution in [1.82, 2.24) is 10.6 Å². The van der Waals surface area contributed by atoms with Crippen LogP contribution in [0.4, 0.5) is 4.79 Å². The summed E-state index contributed by atoms with van der Waals surface area (Å²) in [6, 6.07) is 0.623. The zero-order valence-electron chi connectivity index (χ0n) is 11.6. The molecule has 0 radical (unpaired) electrons. The number of nitrogens with one attached hydrogen (secondary N) is 2. The number of hydrogen-bond acceptors (Lipinski definition) is 4. The minimum atomic E-state index is -0.741. The van der Waals surface area contributed by atoms with Crippen LogP contribution in [0.15, 0.2) is 0 Å². The van der Waals surface area contributed by atoms with Crippen LogP contribution in [0.3, 0.4) is 0 Å². The van der Waals surface area contributed by atoms with Crippen LogP contribution in [0.5, 0.6) is 0 Å². The van der Waals surface area contributed by atoms with Gasteiger partial charge in [-0.15, -0.1) is 0 Å². The zero-order chi connectivity index (χ0) is 13.8. The second kappa shape index (κ2) is 6.52. The van der Waals surface area contributed by atoms with Crippen molar-refractivity contribution >= 4 is 16.9 Å². The molecule has 1 rings (SSSR count). The maximum absolute atomic E-state index is 11.5. The van der Waals surface area contributed by atoms with Gasteiger partial charge in [0, 0.05) is 41.4 Å². The Balaban J connectivity index is 2.08. The van der Waals surface area contributed by atoms with Gasteiger partial charge in [0.25, 0.3) is 0 Å². The average molecular weight is 276 g/mol. The first-order valence-corrected chi connectivity index (χ1v) is 8.02. The van der Waals surface area contributed by atoms with Crippen LogP contribution >= 0.6 is 0 Å². The van der Waals surface area contributed by atoms with E-state index >= 15 is 0 Å². The maximum atomic E-state index is 11.5. The summed E-state index contributed by atoms with van der Waals surface area (Å²) in [7, 11) is -0.741. The molecule has 0 heterocycles. The number of alkyl carbamates (subject to hydrolysis) is 1. The fourth-order valence-electron chi connectivity index (χ4n) is 1.78. The molecule has 0 bridgehead atoms. The predicted molar refractivity (Wildman–Crippen MR) is 73.1 cm³/mol. The first kappa shape index (κ1) is 15.4. The van der Waals surface area contributed by atoms with Crippen molar-refractivity contribution < 1.29 is 13.7 Å². The lowest BCUT2D eigenvalue weighted by Gasteiger charge is -2.36. The molecule has 106 valence electrons. The molecule has 1 aliphatic rings. The molecule has 1 saturated carbocycles. The molecule has 0 aromatic rings. The summed E-state index contributed by atoms with van der Waals surface area (Å²) in [5.74, 6) is 0.681. The van der Waals surface area contributed by atoms with Gasteiger partial charge in [0.2, 0.25) is 0 Å². The van der Waals surface area contributed by atoms with Gasteiger partial charge in [-0.05, 0) is 33.6 Å². The third kappa shape index (κ3) is 6.35. The molecule has 0 saturated heterocycles. The summed E-state index contributed by atoms with van der Waals surface area (Å²) >= 11 is 0. The monoisotopic (exact) mass is 276 g/mol. The summed E-state index contributed by atoms with van der Waals surface area (Å²) < 4.78 is 16.1. The summed E-state index contributed by atoms with van der Waals surface area (Å²) in [6.45, 7) is 6.32. The van der Waals surface area contributed by atoms with Gasteiger partial charge >= 0.3 is 6.09 Å². The Morgan fingerprint density at radius 1 is 1.33 bits per heavy atom. The van der Waals surface area contributed by atoms with E-state index in [1.165, 1.54) is 0 Å². The first-order chi connectivity index (χ1) is 8.26. The van der Waals surface area contributed by atoms with Crippen LogP contribution in [0, 0.1) is 0 Å². The molecule has 6 heteroatoms. The van der Waals surface area contributed by atoms with Crippen molar-refractivity contribution in [1.29, 1.82) is 0 Å². The predicted octanol–water partition coefficient (Wildman–Crippen LogP) is 1.01. The van der Waals surface area contributed by atoms with E-state index in [0.29, 0.717) is 11.8 Å². The Morgan fingerprint density at radius 2 is 1.94 bits per heavy atom. The fraction of sp³-hybridized carbons (Fsp3) is 0.917. The molecule has 0 aromatic carbocycles. The van der Waals surface area contributed by atoms with Gasteiger partial charge in [0.15, 0.2) is 0 Å². The van der Waals surface area contributed by atoms with Crippen LogP contribution < -0.4 is 10.6 Å². The summed E-state index contributed by atoms with van der Waals surface area (Å²) in [4.78, 5) is 11.5.